The summed E-state index contributed by atoms with van der Waals surface area (Å²) in [6.07, 6.45) is -0.494. The molecule has 2 N–H and O–H groups in total. The van der Waals surface area contributed by atoms with E-state index in [1.807, 2.05) is 25.1 Å². The van der Waals surface area contributed by atoms with Crippen molar-refractivity contribution < 1.29 is 5.11 Å². The van der Waals surface area contributed by atoms with E-state index in [2.05, 4.69) is 10.2 Å². The Morgan fingerprint density at radius 3 is 2.92 bits per heavy atom. The molecule has 0 aliphatic heterocycles. The predicted molar refractivity (Wildman–Crippen MR) is 51.5 cm³/mol. The maximum absolute atomic E-state index is 9.43. The number of aromatic nitrogens is 2. The Labute approximate surface area is 76.4 Å². The lowest BCUT2D eigenvalue weighted by molar-refractivity contribution is 0.195. The third kappa shape index (κ3) is 1.31. The summed E-state index contributed by atoms with van der Waals surface area (Å²) in [6.45, 7) is 3.76. The molecule has 0 amide bonds. The highest BCUT2D eigenvalue weighted by molar-refractivity contribution is 5.82. The third-order valence-electron chi connectivity index (χ3n) is 2.16. The second-order valence-corrected chi connectivity index (χ2v) is 3.33. The minimum atomic E-state index is -0.494. The summed E-state index contributed by atoms with van der Waals surface area (Å²) < 4.78 is 0. The number of aliphatic hydroxyl groups is 1. The van der Waals surface area contributed by atoms with Crippen LogP contribution in [-0.2, 0) is 0 Å². The van der Waals surface area contributed by atoms with Crippen LogP contribution in [0.1, 0.15) is 24.3 Å². The molecule has 0 saturated carbocycles. The van der Waals surface area contributed by atoms with Crippen molar-refractivity contribution in [2.75, 3.05) is 0 Å². The molecule has 0 aliphatic carbocycles. The van der Waals surface area contributed by atoms with Crippen LogP contribution in [0.15, 0.2) is 18.2 Å². The molecule has 1 aromatic carbocycles. The SMILES string of the molecule is Cc1ccc2n[nH]c(C(C)O)c2c1. The molecule has 0 spiro atoms. The second-order valence-electron chi connectivity index (χ2n) is 3.33. The summed E-state index contributed by atoms with van der Waals surface area (Å²) in [7, 11) is 0. The van der Waals surface area contributed by atoms with E-state index in [-0.39, 0.29) is 0 Å². The molecule has 1 aromatic heterocycles. The van der Waals surface area contributed by atoms with Gasteiger partial charge >= 0.3 is 0 Å². The lowest BCUT2D eigenvalue weighted by Gasteiger charge is -2.00. The van der Waals surface area contributed by atoms with Gasteiger partial charge in [0, 0.05) is 5.39 Å². The van der Waals surface area contributed by atoms with Crippen LogP contribution in [-0.4, -0.2) is 15.3 Å². The first kappa shape index (κ1) is 8.26. The van der Waals surface area contributed by atoms with Crippen molar-refractivity contribution in [3.63, 3.8) is 0 Å². The van der Waals surface area contributed by atoms with Crippen LogP contribution < -0.4 is 0 Å². The fourth-order valence-corrected chi connectivity index (χ4v) is 1.46. The van der Waals surface area contributed by atoms with Crippen molar-refractivity contribution in [2.24, 2.45) is 0 Å². The van der Waals surface area contributed by atoms with Crippen molar-refractivity contribution >= 4 is 10.9 Å². The van der Waals surface area contributed by atoms with E-state index in [0.717, 1.165) is 16.6 Å². The third-order valence-corrected chi connectivity index (χ3v) is 2.16. The monoisotopic (exact) mass is 176 g/mol. The number of nitrogens with one attached hydrogen (secondary N) is 1. The fraction of sp³-hybridized carbons (Fsp3) is 0.300. The van der Waals surface area contributed by atoms with E-state index >= 15 is 0 Å². The van der Waals surface area contributed by atoms with Crippen LogP contribution in [0, 0.1) is 6.92 Å². The highest BCUT2D eigenvalue weighted by Gasteiger charge is 2.09. The Kier molecular flexibility index (Phi) is 1.81. The molecule has 0 radical (unpaired) electrons. The zero-order valence-electron chi connectivity index (χ0n) is 7.70. The van der Waals surface area contributed by atoms with Gasteiger partial charge in [-0.05, 0) is 26.0 Å². The van der Waals surface area contributed by atoms with Crippen molar-refractivity contribution in [2.45, 2.75) is 20.0 Å². The summed E-state index contributed by atoms with van der Waals surface area (Å²) >= 11 is 0. The standard InChI is InChI=1S/C10H12N2O/c1-6-3-4-9-8(5-6)10(7(2)13)12-11-9/h3-5,7,13H,1-2H3,(H,11,12). The van der Waals surface area contributed by atoms with Crippen LogP contribution in [0.3, 0.4) is 0 Å². The summed E-state index contributed by atoms with van der Waals surface area (Å²) in [5.41, 5.74) is 2.87. The van der Waals surface area contributed by atoms with E-state index in [1.54, 1.807) is 6.92 Å². The number of benzene rings is 1. The number of aromatic amines is 1. The molecule has 1 atom stereocenters. The van der Waals surface area contributed by atoms with Gasteiger partial charge in [-0.3, -0.25) is 5.10 Å². The van der Waals surface area contributed by atoms with Crippen molar-refractivity contribution in [3.8, 4) is 0 Å². The van der Waals surface area contributed by atoms with Crippen LogP contribution in [0.4, 0.5) is 0 Å². The molecule has 68 valence electrons. The van der Waals surface area contributed by atoms with Gasteiger partial charge in [-0.15, -0.1) is 0 Å². The number of aryl methyl sites for hydroxylation is 1. The smallest absolute Gasteiger partial charge is 0.0932 e. The zero-order chi connectivity index (χ0) is 9.42. The van der Waals surface area contributed by atoms with E-state index < -0.39 is 6.10 Å². The normalized spacial score (nSPS) is 13.5. The molecule has 0 aliphatic rings. The first-order chi connectivity index (χ1) is 6.18. The lowest BCUT2D eigenvalue weighted by Crippen LogP contribution is -1.91. The summed E-state index contributed by atoms with van der Waals surface area (Å²) in [4.78, 5) is 0. The van der Waals surface area contributed by atoms with Crippen LogP contribution in [0.25, 0.3) is 10.9 Å². The molecule has 1 heterocycles. The molecule has 3 nitrogen and oxygen atoms in total. The Balaban J connectivity index is 2.71. The van der Waals surface area contributed by atoms with Gasteiger partial charge in [0.15, 0.2) is 0 Å². The van der Waals surface area contributed by atoms with Crippen LogP contribution in [0.2, 0.25) is 0 Å². The van der Waals surface area contributed by atoms with Crippen LogP contribution >= 0.6 is 0 Å². The lowest BCUT2D eigenvalue weighted by atomic mass is 10.1. The van der Waals surface area contributed by atoms with Crippen molar-refractivity contribution in [3.05, 3.63) is 29.5 Å². The molecule has 3 heteroatoms. The minimum absolute atomic E-state index is 0.494. The molecule has 13 heavy (non-hydrogen) atoms. The Bertz CT molecular complexity index is 431. The van der Waals surface area contributed by atoms with Gasteiger partial charge in [-0.2, -0.15) is 5.10 Å². The van der Waals surface area contributed by atoms with E-state index in [4.69, 9.17) is 0 Å². The minimum Gasteiger partial charge on any atom is -0.387 e. The largest absolute Gasteiger partial charge is 0.387 e. The number of rotatable bonds is 1. The van der Waals surface area contributed by atoms with Gasteiger partial charge in [0.05, 0.1) is 17.3 Å². The average Bonchev–Trinajstić information content (AvgIpc) is 2.46. The quantitative estimate of drug-likeness (QED) is 0.697. The predicted octanol–water partition coefficient (Wildman–Crippen LogP) is 1.92. The highest BCUT2D eigenvalue weighted by Crippen LogP contribution is 2.22. The van der Waals surface area contributed by atoms with E-state index in [9.17, 15) is 5.11 Å². The molecule has 1 unspecified atom stereocenters. The summed E-state index contributed by atoms with van der Waals surface area (Å²) in [5, 5.41) is 17.4. The molecule has 0 fully saturated rings. The molecular formula is C10H12N2O. The maximum atomic E-state index is 9.43. The first-order valence-corrected chi connectivity index (χ1v) is 4.31. The number of aliphatic hydroxyl groups excluding tert-OH is 1. The molecule has 2 aromatic rings. The summed E-state index contributed by atoms with van der Waals surface area (Å²) in [5.74, 6) is 0. The fourth-order valence-electron chi connectivity index (χ4n) is 1.46. The van der Waals surface area contributed by atoms with Gasteiger partial charge in [0.25, 0.3) is 0 Å². The summed E-state index contributed by atoms with van der Waals surface area (Å²) in [6, 6.07) is 5.99. The van der Waals surface area contributed by atoms with Crippen molar-refractivity contribution in [1.82, 2.24) is 10.2 Å². The zero-order valence-corrected chi connectivity index (χ0v) is 7.70. The van der Waals surface area contributed by atoms with Crippen LogP contribution in [0.5, 0.6) is 0 Å². The Hall–Kier alpha value is -1.35. The van der Waals surface area contributed by atoms with E-state index in [1.165, 1.54) is 5.56 Å². The molecule has 0 bridgehead atoms. The highest BCUT2D eigenvalue weighted by atomic mass is 16.3. The average molecular weight is 176 g/mol. The molecule has 2 rings (SSSR count). The Morgan fingerprint density at radius 1 is 1.46 bits per heavy atom. The van der Waals surface area contributed by atoms with Gasteiger partial charge in [-0.1, -0.05) is 11.6 Å². The van der Waals surface area contributed by atoms with Gasteiger partial charge in [0.2, 0.25) is 0 Å². The van der Waals surface area contributed by atoms with Gasteiger partial charge in [-0.25, -0.2) is 0 Å². The number of hydrogen-bond donors (Lipinski definition) is 2. The van der Waals surface area contributed by atoms with Gasteiger partial charge in [0.1, 0.15) is 0 Å². The number of H-pyrrole nitrogens is 1. The molecule has 0 saturated heterocycles. The second kappa shape index (κ2) is 2.85. The number of fused-ring (bicyclic) bond motifs is 1. The topological polar surface area (TPSA) is 48.9 Å². The molecular weight excluding hydrogens is 164 g/mol. The van der Waals surface area contributed by atoms with E-state index in [0.29, 0.717) is 0 Å². The van der Waals surface area contributed by atoms with Gasteiger partial charge < -0.3 is 5.11 Å². The Morgan fingerprint density at radius 2 is 2.23 bits per heavy atom. The maximum Gasteiger partial charge on any atom is 0.0932 e. The number of nitrogens with zero attached hydrogens (tertiary/aromatic N) is 1. The van der Waals surface area contributed by atoms with Crippen molar-refractivity contribution in [1.29, 1.82) is 0 Å². The first-order valence-electron chi connectivity index (χ1n) is 4.31. The number of hydrogen-bond acceptors (Lipinski definition) is 2.